The molecule has 0 spiro atoms. The number of carbonyl (C=O) groups is 1. The number of nitrogens with zero attached hydrogens (tertiary/aromatic N) is 2. The van der Waals surface area contributed by atoms with Crippen LogP contribution >= 0.6 is 0 Å². The highest BCUT2D eigenvalue weighted by Gasteiger charge is 2.10. The molecule has 1 aromatic heterocycles. The van der Waals surface area contributed by atoms with Gasteiger partial charge in [0.15, 0.2) is 11.5 Å². The van der Waals surface area contributed by atoms with Crippen molar-refractivity contribution in [3.63, 3.8) is 0 Å². The maximum atomic E-state index is 10.5. The Labute approximate surface area is 171 Å². The fourth-order valence-corrected chi connectivity index (χ4v) is 3.31. The van der Waals surface area contributed by atoms with Crippen LogP contribution in [0, 0.1) is 0 Å². The van der Waals surface area contributed by atoms with Crippen molar-refractivity contribution in [3.05, 3.63) is 59.9 Å². The molecular formula is C23H27N3O3. The van der Waals surface area contributed by atoms with E-state index >= 15 is 0 Å². The van der Waals surface area contributed by atoms with Gasteiger partial charge < -0.3 is 19.4 Å². The van der Waals surface area contributed by atoms with E-state index in [1.165, 1.54) is 0 Å². The van der Waals surface area contributed by atoms with E-state index in [9.17, 15) is 4.79 Å². The monoisotopic (exact) mass is 393 g/mol. The van der Waals surface area contributed by atoms with E-state index in [2.05, 4.69) is 16.0 Å². The minimum Gasteiger partial charge on any atom is -0.493 e. The maximum Gasteiger partial charge on any atom is 0.207 e. The third kappa shape index (κ3) is 5.16. The van der Waals surface area contributed by atoms with Crippen molar-refractivity contribution < 1.29 is 14.3 Å². The summed E-state index contributed by atoms with van der Waals surface area (Å²) in [6, 6.07) is 14.0. The zero-order chi connectivity index (χ0) is 20.5. The first-order valence-corrected chi connectivity index (χ1v) is 9.81. The fraction of sp³-hybridized carbons (Fsp3) is 0.304. The van der Waals surface area contributed by atoms with Crippen LogP contribution in [0.5, 0.6) is 11.5 Å². The number of fused-ring (bicyclic) bond motifs is 1. The van der Waals surface area contributed by atoms with Gasteiger partial charge in [-0.1, -0.05) is 30.4 Å². The molecule has 0 atom stereocenters. The zero-order valence-electron chi connectivity index (χ0n) is 16.9. The van der Waals surface area contributed by atoms with Crippen molar-refractivity contribution in [2.24, 2.45) is 0 Å². The SMILES string of the molecule is C/C=C/c1ccc(OCCCn2c(CCNC=O)nc3ccccc32)c(OC)c1. The molecule has 3 rings (SSSR count). The van der Waals surface area contributed by atoms with Crippen molar-refractivity contribution in [1.82, 2.24) is 14.9 Å². The predicted octanol–water partition coefficient (Wildman–Crippen LogP) is 3.84. The van der Waals surface area contributed by atoms with Crippen LogP contribution in [0.4, 0.5) is 0 Å². The van der Waals surface area contributed by atoms with Gasteiger partial charge in [0.25, 0.3) is 0 Å². The lowest BCUT2D eigenvalue weighted by Crippen LogP contribution is -2.17. The summed E-state index contributed by atoms with van der Waals surface area (Å²) in [6.45, 7) is 3.91. The third-order valence-corrected chi connectivity index (χ3v) is 4.64. The number of allylic oxidation sites excluding steroid dienone is 1. The molecule has 29 heavy (non-hydrogen) atoms. The normalized spacial score (nSPS) is 11.1. The molecule has 0 bridgehead atoms. The number of carbonyl (C=O) groups excluding carboxylic acids is 1. The van der Waals surface area contributed by atoms with Gasteiger partial charge in [-0.2, -0.15) is 0 Å². The number of amides is 1. The first kappa shape index (κ1) is 20.5. The van der Waals surface area contributed by atoms with Gasteiger partial charge in [0, 0.05) is 19.5 Å². The number of nitrogens with one attached hydrogen (secondary N) is 1. The van der Waals surface area contributed by atoms with Gasteiger partial charge in [0.2, 0.25) is 6.41 Å². The molecule has 152 valence electrons. The summed E-state index contributed by atoms with van der Waals surface area (Å²) in [5.74, 6) is 2.44. The van der Waals surface area contributed by atoms with E-state index in [1.54, 1.807) is 7.11 Å². The molecule has 0 aliphatic heterocycles. The molecule has 0 saturated carbocycles. The highest BCUT2D eigenvalue weighted by Crippen LogP contribution is 2.28. The van der Waals surface area contributed by atoms with Crippen molar-refractivity contribution in [2.45, 2.75) is 26.3 Å². The Hall–Kier alpha value is -3.28. The first-order valence-electron chi connectivity index (χ1n) is 9.81. The summed E-state index contributed by atoms with van der Waals surface area (Å²) < 4.78 is 13.6. The molecule has 1 N–H and O–H groups in total. The topological polar surface area (TPSA) is 65.4 Å². The number of aromatic nitrogens is 2. The van der Waals surface area contributed by atoms with Crippen LogP contribution in [0.15, 0.2) is 48.5 Å². The number of rotatable bonds is 11. The molecule has 3 aromatic rings. The van der Waals surface area contributed by atoms with E-state index < -0.39 is 0 Å². The molecule has 2 aromatic carbocycles. The zero-order valence-corrected chi connectivity index (χ0v) is 16.9. The fourth-order valence-electron chi connectivity index (χ4n) is 3.31. The number of hydrogen-bond acceptors (Lipinski definition) is 4. The molecule has 1 heterocycles. The molecule has 0 aliphatic rings. The number of imidazole rings is 1. The molecule has 0 radical (unpaired) electrons. The lowest BCUT2D eigenvalue weighted by molar-refractivity contribution is -0.109. The van der Waals surface area contributed by atoms with Crippen LogP contribution in [0.25, 0.3) is 17.1 Å². The average molecular weight is 393 g/mol. The number of ether oxygens (including phenoxy) is 2. The van der Waals surface area contributed by atoms with E-state index in [0.717, 1.165) is 53.3 Å². The summed E-state index contributed by atoms with van der Waals surface area (Å²) in [5, 5.41) is 2.71. The Morgan fingerprint density at radius 2 is 2.03 bits per heavy atom. The summed E-state index contributed by atoms with van der Waals surface area (Å²) >= 11 is 0. The molecule has 0 aliphatic carbocycles. The molecule has 6 heteroatoms. The number of hydrogen-bond donors (Lipinski definition) is 1. The Balaban J connectivity index is 1.65. The molecule has 0 saturated heterocycles. The minimum atomic E-state index is 0.567. The summed E-state index contributed by atoms with van der Waals surface area (Å²) in [5.41, 5.74) is 3.15. The van der Waals surface area contributed by atoms with Crippen LogP contribution in [0.3, 0.4) is 0 Å². The van der Waals surface area contributed by atoms with E-state index in [0.29, 0.717) is 19.6 Å². The van der Waals surface area contributed by atoms with Gasteiger partial charge in [-0.05, 0) is 43.2 Å². The van der Waals surface area contributed by atoms with Gasteiger partial charge in [0.05, 0.1) is 24.8 Å². The quantitative estimate of drug-likeness (QED) is 0.397. The van der Waals surface area contributed by atoms with Crippen LogP contribution in [-0.4, -0.2) is 36.2 Å². The second-order valence-corrected chi connectivity index (χ2v) is 6.60. The standard InChI is InChI=1S/C23H27N3O3/c1-3-7-18-10-11-21(22(16-18)28-2)29-15-6-14-26-20-9-5-4-8-19(20)25-23(26)12-13-24-17-27/h3-5,7-11,16-17H,6,12-15H2,1-2H3,(H,24,27)/b7-3+. The second kappa shape index (κ2) is 10.3. The minimum absolute atomic E-state index is 0.567. The van der Waals surface area contributed by atoms with Crippen molar-refractivity contribution in [3.8, 4) is 11.5 Å². The lowest BCUT2D eigenvalue weighted by Gasteiger charge is -2.13. The number of para-hydroxylation sites is 2. The molecule has 0 fully saturated rings. The number of methoxy groups -OCH3 is 1. The van der Waals surface area contributed by atoms with Crippen molar-refractivity contribution in [1.29, 1.82) is 0 Å². The largest absolute Gasteiger partial charge is 0.493 e. The van der Waals surface area contributed by atoms with Crippen molar-refractivity contribution in [2.75, 3.05) is 20.3 Å². The van der Waals surface area contributed by atoms with Gasteiger partial charge in [-0.15, -0.1) is 0 Å². The van der Waals surface area contributed by atoms with Crippen molar-refractivity contribution >= 4 is 23.5 Å². The van der Waals surface area contributed by atoms with E-state index in [-0.39, 0.29) is 0 Å². The van der Waals surface area contributed by atoms with Gasteiger partial charge in [-0.3, -0.25) is 4.79 Å². The molecular weight excluding hydrogens is 366 g/mol. The van der Waals surface area contributed by atoms with Gasteiger partial charge in [-0.25, -0.2) is 4.98 Å². The number of benzene rings is 2. The van der Waals surface area contributed by atoms with Crippen LogP contribution in [-0.2, 0) is 17.8 Å². The average Bonchev–Trinajstić information content (AvgIpc) is 3.09. The molecule has 6 nitrogen and oxygen atoms in total. The van der Waals surface area contributed by atoms with Crippen LogP contribution in [0.1, 0.15) is 24.7 Å². The van der Waals surface area contributed by atoms with E-state index in [1.807, 2.05) is 55.5 Å². The van der Waals surface area contributed by atoms with Gasteiger partial charge >= 0.3 is 0 Å². The summed E-state index contributed by atoms with van der Waals surface area (Å²) in [6.07, 6.45) is 6.25. The van der Waals surface area contributed by atoms with E-state index in [4.69, 9.17) is 14.5 Å². The molecule has 0 unspecified atom stereocenters. The first-order chi connectivity index (χ1) is 14.3. The Morgan fingerprint density at radius 3 is 2.83 bits per heavy atom. The Bertz CT molecular complexity index is 979. The van der Waals surface area contributed by atoms with Gasteiger partial charge in [0.1, 0.15) is 5.82 Å². The second-order valence-electron chi connectivity index (χ2n) is 6.60. The lowest BCUT2D eigenvalue weighted by atomic mass is 10.2. The summed E-state index contributed by atoms with van der Waals surface area (Å²) in [7, 11) is 1.65. The van der Waals surface area contributed by atoms with Crippen LogP contribution < -0.4 is 14.8 Å². The third-order valence-electron chi connectivity index (χ3n) is 4.64. The predicted molar refractivity (Wildman–Crippen MR) is 115 cm³/mol. The maximum absolute atomic E-state index is 10.5. The Morgan fingerprint density at radius 1 is 1.17 bits per heavy atom. The smallest absolute Gasteiger partial charge is 0.207 e. The Kier molecular flexibility index (Phi) is 7.28. The highest BCUT2D eigenvalue weighted by molar-refractivity contribution is 5.75. The van der Waals surface area contributed by atoms with Crippen LogP contribution in [0.2, 0.25) is 0 Å². The highest BCUT2D eigenvalue weighted by atomic mass is 16.5. The summed E-state index contributed by atoms with van der Waals surface area (Å²) in [4.78, 5) is 15.3. The number of aryl methyl sites for hydroxylation is 1. The molecule has 1 amide bonds.